The first-order valence-corrected chi connectivity index (χ1v) is 4.35. The average Bonchev–Trinajstić information content (AvgIpc) is 2.19. The fourth-order valence-corrected chi connectivity index (χ4v) is 0.937. The van der Waals surface area contributed by atoms with Crippen LogP contribution in [0.2, 0.25) is 0 Å². The summed E-state index contributed by atoms with van der Waals surface area (Å²) in [5.41, 5.74) is 1.43. The lowest BCUT2D eigenvalue weighted by Crippen LogP contribution is -2.00. The van der Waals surface area contributed by atoms with E-state index in [0.29, 0.717) is 12.3 Å². The molecule has 0 atom stereocenters. The maximum Gasteiger partial charge on any atom is 0.331 e. The molecule has 0 radical (unpaired) electrons. The Labute approximate surface area is 82.6 Å². The van der Waals surface area contributed by atoms with E-state index in [4.69, 9.17) is 4.74 Å². The maximum atomic E-state index is 11.1. The second kappa shape index (κ2) is 5.11. The van der Waals surface area contributed by atoms with Crippen molar-refractivity contribution in [2.45, 2.75) is 13.8 Å². The van der Waals surface area contributed by atoms with Crippen LogP contribution in [-0.2, 0) is 9.53 Å². The summed E-state index contributed by atoms with van der Waals surface area (Å²) in [7, 11) is 0. The number of carbonyl (C=O) groups is 1. The number of ether oxygens (including phenoxy) is 1. The third kappa shape index (κ3) is 2.97. The standard InChI is InChI=1S/C10H12N2O2/c1-3-14-10(13)6-8(2)9-7-11-4-5-12-9/h4-7H,3H2,1-2H3/b8-6-. The normalized spacial score (nSPS) is 11.1. The zero-order valence-electron chi connectivity index (χ0n) is 8.23. The maximum absolute atomic E-state index is 11.1. The molecule has 0 saturated heterocycles. The van der Waals surface area contributed by atoms with Gasteiger partial charge in [0.05, 0.1) is 18.5 Å². The van der Waals surface area contributed by atoms with Gasteiger partial charge in [-0.2, -0.15) is 0 Å². The summed E-state index contributed by atoms with van der Waals surface area (Å²) in [6, 6.07) is 0. The number of hydrogen-bond donors (Lipinski definition) is 0. The first-order valence-electron chi connectivity index (χ1n) is 4.35. The Morgan fingerprint density at radius 2 is 2.36 bits per heavy atom. The van der Waals surface area contributed by atoms with E-state index in [2.05, 4.69) is 9.97 Å². The molecule has 0 aromatic carbocycles. The number of hydrogen-bond acceptors (Lipinski definition) is 4. The van der Waals surface area contributed by atoms with Crippen LogP contribution in [0.4, 0.5) is 0 Å². The Hall–Kier alpha value is -1.71. The third-order valence-corrected chi connectivity index (χ3v) is 1.59. The van der Waals surface area contributed by atoms with Gasteiger partial charge in [0.15, 0.2) is 0 Å². The van der Waals surface area contributed by atoms with Crippen molar-refractivity contribution in [1.82, 2.24) is 9.97 Å². The summed E-state index contributed by atoms with van der Waals surface area (Å²) < 4.78 is 4.77. The summed E-state index contributed by atoms with van der Waals surface area (Å²) in [6.45, 7) is 3.94. The predicted molar refractivity (Wildman–Crippen MR) is 52.3 cm³/mol. The SMILES string of the molecule is CCOC(=O)/C=C(/C)c1cnccn1. The van der Waals surface area contributed by atoms with Crippen LogP contribution < -0.4 is 0 Å². The lowest BCUT2D eigenvalue weighted by atomic mass is 10.2. The average molecular weight is 192 g/mol. The van der Waals surface area contributed by atoms with Crippen LogP contribution in [0.25, 0.3) is 5.57 Å². The molecule has 0 amide bonds. The monoisotopic (exact) mass is 192 g/mol. The first-order chi connectivity index (χ1) is 6.74. The molecule has 0 spiro atoms. The van der Waals surface area contributed by atoms with Crippen molar-refractivity contribution in [3.05, 3.63) is 30.4 Å². The van der Waals surface area contributed by atoms with Gasteiger partial charge in [-0.05, 0) is 19.4 Å². The van der Waals surface area contributed by atoms with Crippen molar-refractivity contribution >= 4 is 11.5 Å². The van der Waals surface area contributed by atoms with Gasteiger partial charge in [0, 0.05) is 18.5 Å². The summed E-state index contributed by atoms with van der Waals surface area (Å²) >= 11 is 0. The molecule has 4 heteroatoms. The van der Waals surface area contributed by atoms with Gasteiger partial charge in [-0.3, -0.25) is 9.97 Å². The molecule has 0 fully saturated rings. The Morgan fingerprint density at radius 3 is 2.93 bits per heavy atom. The molecule has 14 heavy (non-hydrogen) atoms. The molecule has 0 N–H and O–H groups in total. The Morgan fingerprint density at radius 1 is 1.57 bits per heavy atom. The summed E-state index contributed by atoms with van der Waals surface area (Å²) in [4.78, 5) is 19.0. The van der Waals surface area contributed by atoms with Gasteiger partial charge in [0.2, 0.25) is 0 Å². The fraction of sp³-hybridized carbons (Fsp3) is 0.300. The van der Waals surface area contributed by atoms with Crippen molar-refractivity contribution < 1.29 is 9.53 Å². The molecule has 0 unspecified atom stereocenters. The number of nitrogens with zero attached hydrogens (tertiary/aromatic N) is 2. The number of carbonyl (C=O) groups excluding carboxylic acids is 1. The number of aromatic nitrogens is 2. The van der Waals surface area contributed by atoms with E-state index in [1.165, 1.54) is 6.08 Å². The van der Waals surface area contributed by atoms with E-state index in [1.807, 2.05) is 0 Å². The quantitative estimate of drug-likeness (QED) is 0.537. The van der Waals surface area contributed by atoms with Crippen LogP contribution in [-0.4, -0.2) is 22.5 Å². The van der Waals surface area contributed by atoms with Crippen LogP contribution >= 0.6 is 0 Å². The molecule has 0 aliphatic carbocycles. The Bertz CT molecular complexity index is 333. The van der Waals surface area contributed by atoms with Gasteiger partial charge in [-0.25, -0.2) is 4.79 Å². The van der Waals surface area contributed by atoms with E-state index >= 15 is 0 Å². The molecule has 0 bridgehead atoms. The Kier molecular flexibility index (Phi) is 3.79. The Balaban J connectivity index is 2.75. The number of rotatable bonds is 3. The van der Waals surface area contributed by atoms with E-state index in [0.717, 1.165) is 5.57 Å². The minimum absolute atomic E-state index is 0.351. The molecular formula is C10H12N2O2. The van der Waals surface area contributed by atoms with Crippen LogP contribution in [0, 0.1) is 0 Å². The van der Waals surface area contributed by atoms with Crippen LogP contribution in [0.5, 0.6) is 0 Å². The highest BCUT2D eigenvalue weighted by atomic mass is 16.5. The van der Waals surface area contributed by atoms with Crippen molar-refractivity contribution in [2.24, 2.45) is 0 Å². The van der Waals surface area contributed by atoms with Gasteiger partial charge < -0.3 is 4.74 Å². The van der Waals surface area contributed by atoms with Gasteiger partial charge in [-0.1, -0.05) is 0 Å². The molecule has 4 nitrogen and oxygen atoms in total. The van der Waals surface area contributed by atoms with Crippen LogP contribution in [0.15, 0.2) is 24.7 Å². The highest BCUT2D eigenvalue weighted by Gasteiger charge is 2.01. The van der Waals surface area contributed by atoms with Gasteiger partial charge in [-0.15, -0.1) is 0 Å². The first kappa shape index (κ1) is 10.4. The lowest BCUT2D eigenvalue weighted by Gasteiger charge is -1.99. The smallest absolute Gasteiger partial charge is 0.331 e. The molecule has 0 aliphatic rings. The van der Waals surface area contributed by atoms with Crippen molar-refractivity contribution in [3.8, 4) is 0 Å². The number of esters is 1. The fourth-order valence-electron chi connectivity index (χ4n) is 0.937. The largest absolute Gasteiger partial charge is 0.463 e. The van der Waals surface area contributed by atoms with E-state index in [9.17, 15) is 4.79 Å². The molecule has 0 aliphatic heterocycles. The van der Waals surface area contributed by atoms with E-state index in [-0.39, 0.29) is 5.97 Å². The molecule has 1 heterocycles. The zero-order valence-corrected chi connectivity index (χ0v) is 8.23. The second-order valence-electron chi connectivity index (χ2n) is 2.67. The van der Waals surface area contributed by atoms with Crippen molar-refractivity contribution in [3.63, 3.8) is 0 Å². The minimum Gasteiger partial charge on any atom is -0.463 e. The van der Waals surface area contributed by atoms with Gasteiger partial charge in [0.25, 0.3) is 0 Å². The molecule has 74 valence electrons. The predicted octanol–water partition coefficient (Wildman–Crippen LogP) is 1.44. The highest BCUT2D eigenvalue weighted by Crippen LogP contribution is 2.08. The summed E-state index contributed by atoms with van der Waals surface area (Å²) in [6.07, 6.45) is 6.18. The zero-order chi connectivity index (χ0) is 10.4. The molecule has 1 rings (SSSR count). The lowest BCUT2D eigenvalue weighted by molar-refractivity contribution is -0.137. The van der Waals surface area contributed by atoms with Gasteiger partial charge >= 0.3 is 5.97 Å². The molecule has 1 aromatic rings. The minimum atomic E-state index is -0.351. The highest BCUT2D eigenvalue weighted by molar-refractivity contribution is 5.90. The van der Waals surface area contributed by atoms with E-state index < -0.39 is 0 Å². The molecular weight excluding hydrogens is 180 g/mol. The van der Waals surface area contributed by atoms with Crippen LogP contribution in [0.1, 0.15) is 19.5 Å². The summed E-state index contributed by atoms with van der Waals surface area (Å²) in [5.74, 6) is -0.351. The topological polar surface area (TPSA) is 52.1 Å². The summed E-state index contributed by atoms with van der Waals surface area (Å²) in [5, 5.41) is 0. The molecule has 1 aromatic heterocycles. The van der Waals surface area contributed by atoms with Crippen molar-refractivity contribution in [2.75, 3.05) is 6.61 Å². The van der Waals surface area contributed by atoms with E-state index in [1.54, 1.807) is 32.4 Å². The van der Waals surface area contributed by atoms with Gasteiger partial charge in [0.1, 0.15) is 0 Å². The van der Waals surface area contributed by atoms with Crippen molar-refractivity contribution in [1.29, 1.82) is 0 Å². The second-order valence-corrected chi connectivity index (χ2v) is 2.67. The third-order valence-electron chi connectivity index (χ3n) is 1.59. The number of allylic oxidation sites excluding steroid dienone is 1. The van der Waals surface area contributed by atoms with Crippen LogP contribution in [0.3, 0.4) is 0 Å². The molecule has 0 saturated carbocycles.